The van der Waals surface area contributed by atoms with Gasteiger partial charge in [-0.3, -0.25) is 4.79 Å². The molecule has 3 rings (SSSR count). The van der Waals surface area contributed by atoms with Crippen LogP contribution in [-0.2, 0) is 0 Å². The van der Waals surface area contributed by atoms with Gasteiger partial charge in [0.1, 0.15) is 4.88 Å². The molecule has 6 nitrogen and oxygen atoms in total. The Hall–Kier alpha value is -2.15. The summed E-state index contributed by atoms with van der Waals surface area (Å²) in [6.07, 6.45) is 3.40. The fourth-order valence-electron chi connectivity index (χ4n) is 2.41. The van der Waals surface area contributed by atoms with Gasteiger partial charge in [-0.1, -0.05) is 0 Å². The molecule has 1 aliphatic heterocycles. The number of anilines is 2. The molecule has 0 atom stereocenters. The van der Waals surface area contributed by atoms with Gasteiger partial charge in [-0.15, -0.1) is 11.3 Å². The van der Waals surface area contributed by atoms with Crippen LogP contribution in [0.1, 0.15) is 14.7 Å². The number of aromatic nitrogens is 2. The number of amides is 1. The van der Waals surface area contributed by atoms with Gasteiger partial charge in [-0.05, 0) is 19.1 Å². The first-order valence-corrected chi connectivity index (χ1v) is 7.64. The van der Waals surface area contributed by atoms with E-state index in [0.29, 0.717) is 23.7 Å². The zero-order valence-corrected chi connectivity index (χ0v) is 12.6. The highest BCUT2D eigenvalue weighted by atomic mass is 32.1. The highest BCUT2D eigenvalue weighted by molar-refractivity contribution is 7.13. The molecule has 110 valence electrons. The zero-order chi connectivity index (χ0) is 14.8. The van der Waals surface area contributed by atoms with Crippen molar-refractivity contribution < 1.29 is 4.79 Å². The van der Waals surface area contributed by atoms with E-state index in [1.54, 1.807) is 12.4 Å². The second kappa shape index (κ2) is 5.69. The standard InChI is InChI=1S/C14H17N5OS/c1-10-17-9-12(21-10)14(20)19-7-5-18(6-8-19)13-11(15)3-2-4-16-13/h2-4,9H,5-8,15H2,1H3. The van der Waals surface area contributed by atoms with E-state index < -0.39 is 0 Å². The van der Waals surface area contributed by atoms with Crippen LogP contribution in [0.5, 0.6) is 0 Å². The quantitative estimate of drug-likeness (QED) is 0.907. The number of carbonyl (C=O) groups excluding carboxylic acids is 1. The molecule has 0 aliphatic carbocycles. The molecule has 1 amide bonds. The molecule has 0 saturated carbocycles. The van der Waals surface area contributed by atoms with Gasteiger partial charge < -0.3 is 15.5 Å². The molecule has 0 unspecified atom stereocenters. The van der Waals surface area contributed by atoms with E-state index >= 15 is 0 Å². The van der Waals surface area contributed by atoms with Crippen molar-refractivity contribution in [3.8, 4) is 0 Å². The Morgan fingerprint density at radius 2 is 2.05 bits per heavy atom. The fraction of sp³-hybridized carbons (Fsp3) is 0.357. The number of hydrogen-bond donors (Lipinski definition) is 1. The zero-order valence-electron chi connectivity index (χ0n) is 11.8. The summed E-state index contributed by atoms with van der Waals surface area (Å²) < 4.78 is 0. The van der Waals surface area contributed by atoms with Crippen LogP contribution >= 0.6 is 11.3 Å². The predicted octanol–water partition coefficient (Wildman–Crippen LogP) is 1.39. The molecular formula is C14H17N5OS. The number of hydrogen-bond acceptors (Lipinski definition) is 6. The number of pyridine rings is 1. The average molecular weight is 303 g/mol. The van der Waals surface area contributed by atoms with E-state index in [4.69, 9.17) is 5.73 Å². The van der Waals surface area contributed by atoms with E-state index in [9.17, 15) is 4.79 Å². The monoisotopic (exact) mass is 303 g/mol. The van der Waals surface area contributed by atoms with Crippen molar-refractivity contribution in [1.29, 1.82) is 0 Å². The van der Waals surface area contributed by atoms with E-state index in [-0.39, 0.29) is 5.91 Å². The lowest BCUT2D eigenvalue weighted by molar-refractivity contribution is 0.0751. The Bertz CT molecular complexity index is 648. The van der Waals surface area contributed by atoms with Gasteiger partial charge >= 0.3 is 0 Å². The number of carbonyl (C=O) groups is 1. The Morgan fingerprint density at radius 1 is 1.29 bits per heavy atom. The van der Waals surface area contributed by atoms with Gasteiger partial charge in [0.05, 0.1) is 16.9 Å². The van der Waals surface area contributed by atoms with E-state index in [1.165, 1.54) is 11.3 Å². The maximum atomic E-state index is 12.4. The summed E-state index contributed by atoms with van der Waals surface area (Å²) in [6, 6.07) is 3.67. The molecule has 0 spiro atoms. The molecule has 1 saturated heterocycles. The van der Waals surface area contributed by atoms with Crippen LogP contribution in [-0.4, -0.2) is 47.0 Å². The largest absolute Gasteiger partial charge is 0.396 e. The van der Waals surface area contributed by atoms with Crippen LogP contribution in [0.25, 0.3) is 0 Å². The van der Waals surface area contributed by atoms with Crippen LogP contribution in [0.4, 0.5) is 11.5 Å². The smallest absolute Gasteiger partial charge is 0.265 e. The number of nitrogens with zero attached hydrogens (tertiary/aromatic N) is 4. The van der Waals surface area contributed by atoms with Gasteiger partial charge in [0.2, 0.25) is 0 Å². The minimum absolute atomic E-state index is 0.0641. The molecule has 1 fully saturated rings. The van der Waals surface area contributed by atoms with Crippen molar-refractivity contribution in [2.45, 2.75) is 6.92 Å². The third-order valence-electron chi connectivity index (χ3n) is 3.52. The predicted molar refractivity (Wildman–Crippen MR) is 83.6 cm³/mol. The highest BCUT2D eigenvalue weighted by Crippen LogP contribution is 2.22. The number of nitrogen functional groups attached to an aromatic ring is 1. The minimum atomic E-state index is 0.0641. The van der Waals surface area contributed by atoms with Crippen LogP contribution in [0.2, 0.25) is 0 Å². The number of thiazole rings is 1. The van der Waals surface area contributed by atoms with Gasteiger partial charge in [-0.2, -0.15) is 0 Å². The number of piperazine rings is 1. The van der Waals surface area contributed by atoms with Crippen molar-refractivity contribution in [3.05, 3.63) is 34.4 Å². The molecule has 21 heavy (non-hydrogen) atoms. The van der Waals surface area contributed by atoms with Crippen LogP contribution in [0, 0.1) is 6.92 Å². The van der Waals surface area contributed by atoms with Crippen molar-refractivity contribution in [3.63, 3.8) is 0 Å². The van der Waals surface area contributed by atoms with Gasteiger partial charge in [0.25, 0.3) is 5.91 Å². The molecule has 0 aromatic carbocycles. The van der Waals surface area contributed by atoms with Crippen LogP contribution < -0.4 is 10.6 Å². The summed E-state index contributed by atoms with van der Waals surface area (Å²) in [7, 11) is 0. The molecule has 0 bridgehead atoms. The molecule has 0 radical (unpaired) electrons. The lowest BCUT2D eigenvalue weighted by Crippen LogP contribution is -2.49. The SMILES string of the molecule is Cc1ncc(C(=O)N2CCN(c3ncccc3N)CC2)s1. The average Bonchev–Trinajstić information content (AvgIpc) is 2.94. The second-order valence-corrected chi connectivity index (χ2v) is 6.17. The number of aryl methyl sites for hydroxylation is 1. The lowest BCUT2D eigenvalue weighted by atomic mass is 10.2. The maximum Gasteiger partial charge on any atom is 0.265 e. The van der Waals surface area contributed by atoms with Crippen molar-refractivity contribution in [2.24, 2.45) is 0 Å². The maximum absolute atomic E-state index is 12.4. The Labute approximate surface area is 127 Å². The highest BCUT2D eigenvalue weighted by Gasteiger charge is 2.24. The van der Waals surface area contributed by atoms with E-state index in [1.807, 2.05) is 24.0 Å². The lowest BCUT2D eigenvalue weighted by Gasteiger charge is -2.35. The Morgan fingerprint density at radius 3 is 2.67 bits per heavy atom. The second-order valence-electron chi connectivity index (χ2n) is 4.94. The first-order chi connectivity index (χ1) is 10.1. The summed E-state index contributed by atoms with van der Waals surface area (Å²) in [6.45, 7) is 4.73. The summed E-state index contributed by atoms with van der Waals surface area (Å²) in [5.74, 6) is 0.868. The van der Waals surface area contributed by atoms with Crippen LogP contribution in [0.15, 0.2) is 24.5 Å². The topological polar surface area (TPSA) is 75.4 Å². The molecular weight excluding hydrogens is 286 g/mol. The summed E-state index contributed by atoms with van der Waals surface area (Å²) in [5.41, 5.74) is 6.62. The number of rotatable bonds is 2. The Balaban J connectivity index is 1.65. The number of nitrogens with two attached hydrogens (primary N) is 1. The van der Waals surface area contributed by atoms with Gasteiger partial charge in [0, 0.05) is 32.4 Å². The Kier molecular flexibility index (Phi) is 3.74. The first-order valence-electron chi connectivity index (χ1n) is 6.82. The van der Waals surface area contributed by atoms with E-state index in [0.717, 1.165) is 23.9 Å². The molecule has 7 heteroatoms. The molecule has 3 heterocycles. The van der Waals surface area contributed by atoms with Crippen molar-refractivity contribution >= 4 is 28.7 Å². The van der Waals surface area contributed by atoms with Crippen molar-refractivity contribution in [2.75, 3.05) is 36.8 Å². The van der Waals surface area contributed by atoms with Gasteiger partial charge in [-0.25, -0.2) is 9.97 Å². The first kappa shape index (κ1) is 13.8. The molecule has 2 aromatic heterocycles. The summed E-state index contributed by atoms with van der Waals surface area (Å²) >= 11 is 1.44. The summed E-state index contributed by atoms with van der Waals surface area (Å²) in [4.78, 5) is 25.5. The minimum Gasteiger partial charge on any atom is -0.396 e. The van der Waals surface area contributed by atoms with Crippen molar-refractivity contribution in [1.82, 2.24) is 14.9 Å². The molecule has 2 aromatic rings. The third-order valence-corrected chi connectivity index (χ3v) is 4.42. The third kappa shape index (κ3) is 2.82. The van der Waals surface area contributed by atoms with Crippen LogP contribution in [0.3, 0.4) is 0 Å². The van der Waals surface area contributed by atoms with E-state index in [2.05, 4.69) is 14.9 Å². The summed E-state index contributed by atoms with van der Waals surface area (Å²) in [5, 5.41) is 0.915. The van der Waals surface area contributed by atoms with Gasteiger partial charge in [0.15, 0.2) is 5.82 Å². The molecule has 2 N–H and O–H groups in total. The molecule has 1 aliphatic rings. The fourth-order valence-corrected chi connectivity index (χ4v) is 3.16. The normalized spacial score (nSPS) is 15.3.